The average molecular weight is 243 g/mol. The average Bonchev–Trinajstić information content (AvgIpc) is 2.74. The Morgan fingerprint density at radius 2 is 2.24 bits per heavy atom. The number of nitrogens with zero attached hydrogens (tertiary/aromatic N) is 1. The van der Waals surface area contributed by atoms with Crippen LogP contribution in [0, 0.1) is 0 Å². The summed E-state index contributed by atoms with van der Waals surface area (Å²) in [5.41, 5.74) is 0. The third-order valence-electron chi connectivity index (χ3n) is 2.82. The van der Waals surface area contributed by atoms with E-state index < -0.39 is 6.10 Å². The van der Waals surface area contributed by atoms with Gasteiger partial charge in [0.25, 0.3) is 0 Å². The van der Waals surface area contributed by atoms with Gasteiger partial charge in [0, 0.05) is 20.1 Å². The Morgan fingerprint density at radius 1 is 1.53 bits per heavy atom. The summed E-state index contributed by atoms with van der Waals surface area (Å²) < 4.78 is 0. The second-order valence-electron chi connectivity index (χ2n) is 4.28. The van der Waals surface area contributed by atoms with Crippen LogP contribution in [0.4, 0.5) is 0 Å². The zero-order chi connectivity index (χ0) is 12.8. The lowest BCUT2D eigenvalue weighted by molar-refractivity contribution is -0.137. The maximum atomic E-state index is 12.1. The highest BCUT2D eigenvalue weighted by atomic mass is 16.3. The fourth-order valence-corrected chi connectivity index (χ4v) is 1.92. The highest BCUT2D eigenvalue weighted by Gasteiger charge is 2.31. The van der Waals surface area contributed by atoms with Crippen molar-refractivity contribution in [1.29, 1.82) is 0 Å². The van der Waals surface area contributed by atoms with Gasteiger partial charge in [0.1, 0.15) is 0 Å². The van der Waals surface area contributed by atoms with Crippen molar-refractivity contribution in [3.8, 4) is 0 Å². The SMILES string of the molecule is CCCN(CC(=O)NC)C(=O)C1CC(O)CN1. The molecule has 98 valence electrons. The Balaban J connectivity index is 2.56. The number of amides is 2. The molecule has 0 spiro atoms. The molecule has 3 N–H and O–H groups in total. The molecule has 0 aromatic rings. The van der Waals surface area contributed by atoms with Gasteiger partial charge < -0.3 is 20.6 Å². The van der Waals surface area contributed by atoms with Crippen molar-refractivity contribution >= 4 is 11.8 Å². The van der Waals surface area contributed by atoms with E-state index in [-0.39, 0.29) is 24.4 Å². The Bertz CT molecular complexity index is 283. The minimum absolute atomic E-state index is 0.0808. The van der Waals surface area contributed by atoms with Crippen LogP contribution < -0.4 is 10.6 Å². The molecule has 17 heavy (non-hydrogen) atoms. The molecule has 0 radical (unpaired) electrons. The Kier molecular flexibility index (Phi) is 5.37. The van der Waals surface area contributed by atoms with E-state index in [0.29, 0.717) is 19.5 Å². The molecular weight excluding hydrogens is 222 g/mol. The zero-order valence-electron chi connectivity index (χ0n) is 10.4. The number of aliphatic hydroxyl groups is 1. The van der Waals surface area contributed by atoms with Crippen LogP contribution in [-0.4, -0.2) is 60.6 Å². The van der Waals surface area contributed by atoms with E-state index in [4.69, 9.17) is 0 Å². The quantitative estimate of drug-likeness (QED) is 0.560. The molecule has 1 rings (SSSR count). The summed E-state index contributed by atoms with van der Waals surface area (Å²) in [7, 11) is 1.55. The van der Waals surface area contributed by atoms with Crippen LogP contribution in [0.5, 0.6) is 0 Å². The van der Waals surface area contributed by atoms with Crippen molar-refractivity contribution in [1.82, 2.24) is 15.5 Å². The second kappa shape index (κ2) is 6.56. The number of carbonyl (C=O) groups excluding carboxylic acids is 2. The molecule has 6 heteroatoms. The highest BCUT2D eigenvalue weighted by Crippen LogP contribution is 2.09. The van der Waals surface area contributed by atoms with Crippen molar-refractivity contribution in [3.63, 3.8) is 0 Å². The predicted molar refractivity (Wildman–Crippen MR) is 63.4 cm³/mol. The molecule has 6 nitrogen and oxygen atoms in total. The Hall–Kier alpha value is -1.14. The number of β-amino-alcohol motifs (C(OH)–C–C–N with tert-alkyl or cyclic N) is 1. The number of aliphatic hydroxyl groups excluding tert-OH is 1. The summed E-state index contributed by atoms with van der Waals surface area (Å²) in [5.74, 6) is -0.280. The molecule has 0 aliphatic carbocycles. The minimum Gasteiger partial charge on any atom is -0.392 e. The van der Waals surface area contributed by atoms with Gasteiger partial charge in [-0.05, 0) is 12.8 Å². The first-order valence-corrected chi connectivity index (χ1v) is 5.99. The topological polar surface area (TPSA) is 81.7 Å². The zero-order valence-corrected chi connectivity index (χ0v) is 10.4. The van der Waals surface area contributed by atoms with Gasteiger partial charge in [-0.2, -0.15) is 0 Å². The fourth-order valence-electron chi connectivity index (χ4n) is 1.92. The first-order valence-electron chi connectivity index (χ1n) is 5.99. The molecule has 1 heterocycles. The molecule has 1 aliphatic rings. The lowest BCUT2D eigenvalue weighted by atomic mass is 10.1. The maximum absolute atomic E-state index is 12.1. The van der Waals surface area contributed by atoms with Crippen LogP contribution in [0.3, 0.4) is 0 Å². The molecule has 2 atom stereocenters. The highest BCUT2D eigenvalue weighted by molar-refractivity contribution is 5.87. The van der Waals surface area contributed by atoms with Crippen molar-refractivity contribution in [2.24, 2.45) is 0 Å². The Morgan fingerprint density at radius 3 is 2.71 bits per heavy atom. The first-order chi connectivity index (χ1) is 8.08. The van der Waals surface area contributed by atoms with E-state index in [1.54, 1.807) is 7.05 Å². The molecule has 2 unspecified atom stereocenters. The summed E-state index contributed by atoms with van der Waals surface area (Å²) in [6.45, 7) is 3.04. The lowest BCUT2D eigenvalue weighted by Crippen LogP contribution is -2.47. The third kappa shape index (κ3) is 3.98. The van der Waals surface area contributed by atoms with Gasteiger partial charge in [-0.15, -0.1) is 0 Å². The normalized spacial score (nSPS) is 23.5. The van der Waals surface area contributed by atoms with Crippen LogP contribution in [0.1, 0.15) is 19.8 Å². The third-order valence-corrected chi connectivity index (χ3v) is 2.82. The van der Waals surface area contributed by atoms with Gasteiger partial charge in [0.15, 0.2) is 0 Å². The summed E-state index contributed by atoms with van der Waals surface area (Å²) >= 11 is 0. The van der Waals surface area contributed by atoms with Gasteiger partial charge in [0.2, 0.25) is 11.8 Å². The van der Waals surface area contributed by atoms with Gasteiger partial charge in [-0.3, -0.25) is 9.59 Å². The minimum atomic E-state index is -0.465. The molecule has 0 saturated carbocycles. The van der Waals surface area contributed by atoms with Gasteiger partial charge in [-0.25, -0.2) is 0 Å². The molecule has 0 bridgehead atoms. The first kappa shape index (κ1) is 13.9. The van der Waals surface area contributed by atoms with Crippen molar-refractivity contribution in [2.45, 2.75) is 31.9 Å². The predicted octanol–water partition coefficient (Wildman–Crippen LogP) is -1.31. The van der Waals surface area contributed by atoms with Gasteiger partial charge >= 0.3 is 0 Å². The van der Waals surface area contributed by atoms with E-state index in [1.807, 2.05) is 6.92 Å². The van der Waals surface area contributed by atoms with E-state index in [9.17, 15) is 14.7 Å². The smallest absolute Gasteiger partial charge is 0.240 e. The monoisotopic (exact) mass is 243 g/mol. The summed E-state index contributed by atoms with van der Waals surface area (Å²) in [6, 6.07) is -0.360. The van der Waals surface area contributed by atoms with Crippen molar-refractivity contribution in [3.05, 3.63) is 0 Å². The summed E-state index contributed by atoms with van der Waals surface area (Å²) in [5, 5.41) is 14.8. The van der Waals surface area contributed by atoms with Crippen molar-refractivity contribution in [2.75, 3.05) is 26.7 Å². The Labute approximate surface area is 101 Å². The van der Waals surface area contributed by atoms with E-state index >= 15 is 0 Å². The number of hydrogen-bond donors (Lipinski definition) is 3. The molecule has 1 aliphatic heterocycles. The number of likely N-dealkylation sites (N-methyl/N-ethyl adjacent to an activating group) is 1. The molecule has 1 fully saturated rings. The van der Waals surface area contributed by atoms with Crippen LogP contribution in [0.2, 0.25) is 0 Å². The maximum Gasteiger partial charge on any atom is 0.240 e. The van der Waals surface area contributed by atoms with E-state index in [1.165, 1.54) is 4.90 Å². The second-order valence-corrected chi connectivity index (χ2v) is 4.28. The van der Waals surface area contributed by atoms with Crippen LogP contribution in [0.25, 0.3) is 0 Å². The van der Waals surface area contributed by atoms with Crippen LogP contribution in [-0.2, 0) is 9.59 Å². The lowest BCUT2D eigenvalue weighted by Gasteiger charge is -2.24. The number of rotatable bonds is 5. The molecular formula is C11H21N3O3. The molecule has 1 saturated heterocycles. The van der Waals surface area contributed by atoms with E-state index in [0.717, 1.165) is 6.42 Å². The van der Waals surface area contributed by atoms with Gasteiger partial charge in [-0.1, -0.05) is 6.92 Å². The van der Waals surface area contributed by atoms with E-state index in [2.05, 4.69) is 10.6 Å². The number of carbonyl (C=O) groups is 2. The molecule has 2 amide bonds. The standard InChI is InChI=1S/C11H21N3O3/c1-3-4-14(7-10(16)12-2)11(17)9-5-8(15)6-13-9/h8-9,13,15H,3-7H2,1-2H3,(H,12,16). The number of nitrogens with one attached hydrogen (secondary N) is 2. The largest absolute Gasteiger partial charge is 0.392 e. The summed E-state index contributed by atoms with van der Waals surface area (Å²) in [6.07, 6.45) is 0.762. The molecule has 0 aromatic heterocycles. The molecule has 0 aromatic carbocycles. The van der Waals surface area contributed by atoms with Crippen molar-refractivity contribution < 1.29 is 14.7 Å². The number of hydrogen-bond acceptors (Lipinski definition) is 4. The summed E-state index contributed by atoms with van der Waals surface area (Å²) in [4.78, 5) is 24.9. The van der Waals surface area contributed by atoms with Crippen LogP contribution >= 0.6 is 0 Å². The van der Waals surface area contributed by atoms with Gasteiger partial charge in [0.05, 0.1) is 18.7 Å². The van der Waals surface area contributed by atoms with Crippen LogP contribution in [0.15, 0.2) is 0 Å². The fraction of sp³-hybridized carbons (Fsp3) is 0.818.